The smallest absolute Gasteiger partial charge is 0.188 e. The van der Waals surface area contributed by atoms with Crippen molar-refractivity contribution in [1.82, 2.24) is 15.7 Å². The Bertz CT molecular complexity index is 850. The van der Waals surface area contributed by atoms with Gasteiger partial charge in [-0.3, -0.25) is 5.43 Å². The van der Waals surface area contributed by atoms with Crippen LogP contribution in [-0.2, 0) is 0 Å². The SMILES string of the molecule is CNC(=S)NN=C(C)c1ccc(Nc2nc3ccccc3s2)cc1. The van der Waals surface area contributed by atoms with Crippen molar-refractivity contribution < 1.29 is 0 Å². The van der Waals surface area contributed by atoms with Crippen molar-refractivity contribution in [1.29, 1.82) is 0 Å². The molecule has 3 aromatic rings. The summed E-state index contributed by atoms with van der Waals surface area (Å²) >= 11 is 6.64. The molecular formula is C17H17N5S2. The molecule has 0 bridgehead atoms. The lowest BCUT2D eigenvalue weighted by Crippen LogP contribution is -2.29. The van der Waals surface area contributed by atoms with E-state index >= 15 is 0 Å². The number of rotatable bonds is 4. The Hall–Kier alpha value is -2.51. The van der Waals surface area contributed by atoms with Gasteiger partial charge in [-0.2, -0.15) is 5.10 Å². The number of nitrogens with one attached hydrogen (secondary N) is 3. The predicted octanol–water partition coefficient (Wildman–Crippen LogP) is 3.86. The van der Waals surface area contributed by atoms with E-state index in [0.717, 1.165) is 27.6 Å². The topological polar surface area (TPSA) is 61.3 Å². The van der Waals surface area contributed by atoms with E-state index in [9.17, 15) is 0 Å². The highest BCUT2D eigenvalue weighted by Gasteiger charge is 2.04. The summed E-state index contributed by atoms with van der Waals surface area (Å²) in [6, 6.07) is 16.2. The van der Waals surface area contributed by atoms with Crippen LogP contribution in [0.2, 0.25) is 0 Å². The highest BCUT2D eigenvalue weighted by Crippen LogP contribution is 2.28. The first kappa shape index (κ1) is 16.4. The quantitative estimate of drug-likeness (QED) is 0.377. The van der Waals surface area contributed by atoms with E-state index in [1.165, 1.54) is 4.70 Å². The van der Waals surface area contributed by atoms with Crippen LogP contribution < -0.4 is 16.1 Å². The average molecular weight is 355 g/mol. The molecule has 0 aliphatic carbocycles. The van der Waals surface area contributed by atoms with Crippen molar-refractivity contribution in [3.05, 3.63) is 54.1 Å². The minimum absolute atomic E-state index is 0.489. The van der Waals surface area contributed by atoms with Gasteiger partial charge in [-0.05, 0) is 49.0 Å². The van der Waals surface area contributed by atoms with Crippen LogP contribution in [0.3, 0.4) is 0 Å². The number of fused-ring (bicyclic) bond motifs is 1. The van der Waals surface area contributed by atoms with Gasteiger partial charge in [-0.1, -0.05) is 35.6 Å². The largest absolute Gasteiger partial charge is 0.364 e. The van der Waals surface area contributed by atoms with E-state index in [4.69, 9.17) is 12.2 Å². The average Bonchev–Trinajstić information content (AvgIpc) is 3.02. The van der Waals surface area contributed by atoms with Gasteiger partial charge in [0.2, 0.25) is 0 Å². The summed E-state index contributed by atoms with van der Waals surface area (Å²) in [6.45, 7) is 1.93. The number of hydrogen-bond acceptors (Lipinski definition) is 5. The molecule has 2 aromatic carbocycles. The van der Waals surface area contributed by atoms with Crippen molar-refractivity contribution in [2.75, 3.05) is 12.4 Å². The molecule has 0 spiro atoms. The number of hydrogen-bond donors (Lipinski definition) is 3. The molecule has 0 atom stereocenters. The monoisotopic (exact) mass is 355 g/mol. The normalized spacial score (nSPS) is 11.3. The molecule has 0 saturated carbocycles. The van der Waals surface area contributed by atoms with Crippen LogP contribution >= 0.6 is 23.6 Å². The van der Waals surface area contributed by atoms with E-state index in [0.29, 0.717) is 5.11 Å². The molecule has 122 valence electrons. The minimum atomic E-state index is 0.489. The van der Waals surface area contributed by atoms with Crippen LogP contribution in [0.15, 0.2) is 53.6 Å². The summed E-state index contributed by atoms with van der Waals surface area (Å²) in [5, 5.41) is 11.8. The number of thiocarbonyl (C=S) groups is 1. The maximum absolute atomic E-state index is 5.00. The minimum Gasteiger partial charge on any atom is -0.364 e. The Balaban J connectivity index is 1.71. The fourth-order valence-corrected chi connectivity index (χ4v) is 3.03. The summed E-state index contributed by atoms with van der Waals surface area (Å²) < 4.78 is 1.17. The first-order valence-electron chi connectivity index (χ1n) is 7.41. The molecule has 0 aliphatic heterocycles. The molecule has 3 N–H and O–H groups in total. The number of anilines is 2. The zero-order valence-electron chi connectivity index (χ0n) is 13.3. The second kappa shape index (κ2) is 7.37. The van der Waals surface area contributed by atoms with Crippen molar-refractivity contribution in [2.24, 2.45) is 5.10 Å². The third kappa shape index (κ3) is 3.87. The van der Waals surface area contributed by atoms with Crippen LogP contribution in [0, 0.1) is 0 Å². The number of hydrazone groups is 1. The number of benzene rings is 2. The Morgan fingerprint density at radius 2 is 1.88 bits per heavy atom. The van der Waals surface area contributed by atoms with Gasteiger partial charge < -0.3 is 10.6 Å². The molecule has 24 heavy (non-hydrogen) atoms. The molecule has 3 rings (SSSR count). The second-order valence-electron chi connectivity index (χ2n) is 5.08. The lowest BCUT2D eigenvalue weighted by atomic mass is 10.1. The van der Waals surface area contributed by atoms with Crippen LogP contribution in [0.5, 0.6) is 0 Å². The van der Waals surface area contributed by atoms with Gasteiger partial charge in [-0.15, -0.1) is 0 Å². The third-order valence-electron chi connectivity index (χ3n) is 3.40. The van der Waals surface area contributed by atoms with Gasteiger partial charge in [-0.25, -0.2) is 4.98 Å². The number of para-hydroxylation sites is 1. The van der Waals surface area contributed by atoms with Crippen LogP contribution in [0.4, 0.5) is 10.8 Å². The van der Waals surface area contributed by atoms with Crippen molar-refractivity contribution in [2.45, 2.75) is 6.92 Å². The summed E-state index contributed by atoms with van der Waals surface area (Å²) in [7, 11) is 1.75. The number of thiazole rings is 1. The molecule has 1 aromatic heterocycles. The first-order chi connectivity index (χ1) is 11.7. The van der Waals surface area contributed by atoms with Gasteiger partial charge in [0, 0.05) is 12.7 Å². The summed E-state index contributed by atoms with van der Waals surface area (Å²) in [5.74, 6) is 0. The maximum atomic E-state index is 5.00. The van der Waals surface area contributed by atoms with Crippen LogP contribution in [0.1, 0.15) is 12.5 Å². The lowest BCUT2D eigenvalue weighted by Gasteiger charge is -2.06. The maximum Gasteiger partial charge on any atom is 0.188 e. The van der Waals surface area contributed by atoms with Gasteiger partial charge in [0.05, 0.1) is 15.9 Å². The van der Waals surface area contributed by atoms with Gasteiger partial charge in [0.1, 0.15) is 0 Å². The highest BCUT2D eigenvalue weighted by molar-refractivity contribution is 7.80. The Morgan fingerprint density at radius 3 is 2.58 bits per heavy atom. The molecule has 0 unspecified atom stereocenters. The summed E-state index contributed by atoms with van der Waals surface area (Å²) in [6.07, 6.45) is 0. The zero-order valence-corrected chi connectivity index (χ0v) is 15.0. The molecular weight excluding hydrogens is 338 g/mol. The van der Waals surface area contributed by atoms with E-state index < -0.39 is 0 Å². The van der Waals surface area contributed by atoms with Gasteiger partial charge in [0.25, 0.3) is 0 Å². The van der Waals surface area contributed by atoms with Gasteiger partial charge in [0.15, 0.2) is 10.2 Å². The van der Waals surface area contributed by atoms with Crippen LogP contribution in [0.25, 0.3) is 10.2 Å². The summed E-state index contributed by atoms with van der Waals surface area (Å²) in [5.41, 5.74) is 6.67. The highest BCUT2D eigenvalue weighted by atomic mass is 32.1. The standard InChI is InChI=1S/C17H17N5S2/c1-11(21-22-16(23)18-2)12-7-9-13(10-8-12)19-17-20-14-5-3-4-6-15(14)24-17/h3-10H,1-2H3,(H,19,20)(H2,18,22,23). The van der Waals surface area contributed by atoms with Crippen LogP contribution in [-0.4, -0.2) is 22.9 Å². The molecule has 0 radical (unpaired) electrons. The van der Waals surface area contributed by atoms with Crippen molar-refractivity contribution in [3.63, 3.8) is 0 Å². The third-order valence-corrected chi connectivity index (χ3v) is 4.65. The predicted molar refractivity (Wildman–Crippen MR) is 106 cm³/mol. The van der Waals surface area contributed by atoms with E-state index in [-0.39, 0.29) is 0 Å². The molecule has 7 heteroatoms. The molecule has 0 aliphatic rings. The van der Waals surface area contributed by atoms with E-state index in [1.807, 2.05) is 49.4 Å². The zero-order chi connectivity index (χ0) is 16.9. The first-order valence-corrected chi connectivity index (χ1v) is 8.63. The molecule has 0 fully saturated rings. The molecule has 1 heterocycles. The molecule has 0 amide bonds. The van der Waals surface area contributed by atoms with Gasteiger partial charge >= 0.3 is 0 Å². The fraction of sp³-hybridized carbons (Fsp3) is 0.118. The van der Waals surface area contributed by atoms with Crippen molar-refractivity contribution in [3.8, 4) is 0 Å². The molecule has 0 saturated heterocycles. The Labute approximate surface area is 149 Å². The Kier molecular flexibility index (Phi) is 5.02. The van der Waals surface area contributed by atoms with Crippen molar-refractivity contribution >= 4 is 55.4 Å². The summed E-state index contributed by atoms with van der Waals surface area (Å²) in [4.78, 5) is 4.58. The molecule has 5 nitrogen and oxygen atoms in total. The van der Waals surface area contributed by atoms with E-state index in [2.05, 4.69) is 32.2 Å². The lowest BCUT2D eigenvalue weighted by molar-refractivity contribution is 0.974. The second-order valence-corrected chi connectivity index (χ2v) is 6.52. The Morgan fingerprint density at radius 1 is 1.12 bits per heavy atom. The fourth-order valence-electron chi connectivity index (χ4n) is 2.10. The number of nitrogens with zero attached hydrogens (tertiary/aromatic N) is 2. The van der Waals surface area contributed by atoms with E-state index in [1.54, 1.807) is 18.4 Å². The number of aromatic nitrogens is 1.